The summed E-state index contributed by atoms with van der Waals surface area (Å²) in [6, 6.07) is 11.4. The van der Waals surface area contributed by atoms with Crippen LogP contribution in [-0.4, -0.2) is 47.8 Å². The van der Waals surface area contributed by atoms with Crippen LogP contribution in [0.1, 0.15) is 46.3 Å². The third-order valence-electron chi connectivity index (χ3n) is 4.84. The molecule has 1 aliphatic rings. The van der Waals surface area contributed by atoms with Crippen LogP contribution in [0.4, 0.5) is 5.13 Å². The van der Waals surface area contributed by atoms with Crippen LogP contribution >= 0.6 is 11.3 Å². The van der Waals surface area contributed by atoms with Gasteiger partial charge in [0.2, 0.25) is 0 Å². The van der Waals surface area contributed by atoms with Gasteiger partial charge in [-0.05, 0) is 29.8 Å². The van der Waals surface area contributed by atoms with Crippen LogP contribution in [0, 0.1) is 0 Å². The first kappa shape index (κ1) is 21.2. The van der Waals surface area contributed by atoms with Crippen molar-refractivity contribution in [1.82, 2.24) is 9.88 Å². The predicted molar refractivity (Wildman–Crippen MR) is 115 cm³/mol. The second-order valence-electron chi connectivity index (χ2n) is 6.75. The Morgan fingerprint density at radius 3 is 2.38 bits per heavy atom. The minimum Gasteiger partial charge on any atom is -0.496 e. The molecule has 0 bridgehead atoms. The average Bonchev–Trinajstić information content (AvgIpc) is 3.37. The monoisotopic (exact) mass is 451 g/mol. The molecule has 162 valence electrons. The zero-order chi connectivity index (χ0) is 22.8. The molecule has 0 unspecified atom stereocenters. The van der Waals surface area contributed by atoms with E-state index in [9.17, 15) is 19.2 Å². The Morgan fingerprint density at radius 1 is 1.06 bits per heavy atom. The number of esters is 1. The molecule has 2 aromatic carbocycles. The largest absolute Gasteiger partial charge is 0.496 e. The number of rotatable bonds is 6. The van der Waals surface area contributed by atoms with Crippen LogP contribution in [0.3, 0.4) is 0 Å². The minimum atomic E-state index is -0.552. The molecular formula is C22H17N3O6S. The second-order valence-corrected chi connectivity index (χ2v) is 7.78. The molecule has 10 heteroatoms. The van der Waals surface area contributed by atoms with Gasteiger partial charge in [-0.25, -0.2) is 9.78 Å². The van der Waals surface area contributed by atoms with Gasteiger partial charge in [-0.15, -0.1) is 0 Å². The van der Waals surface area contributed by atoms with Crippen molar-refractivity contribution in [2.45, 2.75) is 6.54 Å². The van der Waals surface area contributed by atoms with E-state index in [1.165, 1.54) is 20.4 Å². The highest BCUT2D eigenvalue weighted by molar-refractivity contribution is 7.17. The Balaban J connectivity index is 1.56. The van der Waals surface area contributed by atoms with E-state index in [0.717, 1.165) is 16.2 Å². The summed E-state index contributed by atoms with van der Waals surface area (Å²) >= 11 is 0.970. The van der Waals surface area contributed by atoms with E-state index in [2.05, 4.69) is 15.0 Å². The molecule has 4 rings (SSSR count). The molecule has 0 atom stereocenters. The van der Waals surface area contributed by atoms with E-state index < -0.39 is 11.9 Å². The third-order valence-corrected chi connectivity index (χ3v) is 5.73. The lowest BCUT2D eigenvalue weighted by Crippen LogP contribution is -2.29. The van der Waals surface area contributed by atoms with Crippen molar-refractivity contribution in [2.75, 3.05) is 19.5 Å². The van der Waals surface area contributed by atoms with Crippen LogP contribution < -0.4 is 10.1 Å². The first-order chi connectivity index (χ1) is 15.4. The van der Waals surface area contributed by atoms with Crippen LogP contribution in [0.2, 0.25) is 0 Å². The van der Waals surface area contributed by atoms with E-state index in [1.54, 1.807) is 42.5 Å². The lowest BCUT2D eigenvalue weighted by atomic mass is 10.1. The number of hydrogen-bond acceptors (Lipinski definition) is 8. The fourth-order valence-corrected chi connectivity index (χ4v) is 4.02. The maximum Gasteiger partial charge on any atom is 0.349 e. The highest BCUT2D eigenvalue weighted by Gasteiger charge is 2.35. The molecule has 1 N–H and O–H groups in total. The Kier molecular flexibility index (Phi) is 5.69. The first-order valence-corrected chi connectivity index (χ1v) is 10.2. The quantitative estimate of drug-likeness (QED) is 0.453. The highest BCUT2D eigenvalue weighted by atomic mass is 32.1. The molecule has 3 aromatic rings. The van der Waals surface area contributed by atoms with Crippen molar-refractivity contribution < 1.29 is 28.7 Å². The molecule has 0 aliphatic carbocycles. The van der Waals surface area contributed by atoms with E-state index in [4.69, 9.17) is 4.74 Å². The molecule has 0 fully saturated rings. The third kappa shape index (κ3) is 3.83. The van der Waals surface area contributed by atoms with Crippen molar-refractivity contribution in [2.24, 2.45) is 0 Å². The number of benzene rings is 2. The summed E-state index contributed by atoms with van der Waals surface area (Å²) in [6.07, 6.45) is 1.31. The van der Waals surface area contributed by atoms with Gasteiger partial charge < -0.3 is 9.47 Å². The summed E-state index contributed by atoms with van der Waals surface area (Å²) in [7, 11) is 2.68. The fraction of sp³-hybridized carbons (Fsp3) is 0.136. The number of nitrogens with one attached hydrogen (secondary N) is 1. The number of ether oxygens (including phenoxy) is 2. The van der Waals surface area contributed by atoms with Gasteiger partial charge in [-0.3, -0.25) is 24.6 Å². The maximum absolute atomic E-state index is 12.9. The molecular weight excluding hydrogens is 434 g/mol. The molecule has 1 aromatic heterocycles. The molecule has 0 radical (unpaired) electrons. The van der Waals surface area contributed by atoms with Crippen LogP contribution in [-0.2, 0) is 11.3 Å². The molecule has 32 heavy (non-hydrogen) atoms. The van der Waals surface area contributed by atoms with Gasteiger partial charge in [-0.1, -0.05) is 29.5 Å². The number of imide groups is 1. The predicted octanol–water partition coefficient (Wildman–Crippen LogP) is 2.99. The van der Waals surface area contributed by atoms with Crippen LogP contribution in [0.15, 0.2) is 48.7 Å². The number of fused-ring (bicyclic) bond motifs is 1. The lowest BCUT2D eigenvalue weighted by Gasteiger charge is -2.16. The molecule has 0 spiro atoms. The van der Waals surface area contributed by atoms with E-state index in [0.29, 0.717) is 22.4 Å². The number of thiazole rings is 1. The smallest absolute Gasteiger partial charge is 0.349 e. The number of nitrogens with zero attached hydrogens (tertiary/aromatic N) is 2. The van der Waals surface area contributed by atoms with Gasteiger partial charge in [0, 0.05) is 0 Å². The Bertz CT molecular complexity index is 1220. The van der Waals surface area contributed by atoms with Gasteiger partial charge in [0.05, 0.1) is 43.7 Å². The van der Waals surface area contributed by atoms with Crippen molar-refractivity contribution in [3.05, 3.63) is 75.8 Å². The van der Waals surface area contributed by atoms with Crippen LogP contribution in [0.5, 0.6) is 5.75 Å². The van der Waals surface area contributed by atoms with Gasteiger partial charge in [0.1, 0.15) is 10.6 Å². The maximum atomic E-state index is 12.9. The first-order valence-electron chi connectivity index (χ1n) is 9.40. The average molecular weight is 451 g/mol. The number of methoxy groups -OCH3 is 2. The number of anilines is 1. The van der Waals surface area contributed by atoms with Gasteiger partial charge in [-0.2, -0.15) is 0 Å². The minimum absolute atomic E-state index is 0.000359. The topological polar surface area (TPSA) is 115 Å². The van der Waals surface area contributed by atoms with E-state index >= 15 is 0 Å². The van der Waals surface area contributed by atoms with Gasteiger partial charge >= 0.3 is 5.97 Å². The number of hydrogen-bond donors (Lipinski definition) is 1. The van der Waals surface area contributed by atoms with Crippen molar-refractivity contribution >= 4 is 40.2 Å². The van der Waals surface area contributed by atoms with Crippen molar-refractivity contribution in [3.8, 4) is 5.75 Å². The number of aromatic nitrogens is 1. The second kappa shape index (κ2) is 8.60. The molecule has 0 saturated carbocycles. The number of carbonyl (C=O) groups excluding carboxylic acids is 4. The van der Waals surface area contributed by atoms with E-state index in [-0.39, 0.29) is 33.9 Å². The summed E-state index contributed by atoms with van der Waals surface area (Å²) in [4.78, 5) is 55.1. The molecule has 2 heterocycles. The molecule has 3 amide bonds. The van der Waals surface area contributed by atoms with E-state index in [1.807, 2.05) is 0 Å². The lowest BCUT2D eigenvalue weighted by molar-refractivity contribution is 0.0602. The number of carbonyl (C=O) groups is 4. The summed E-state index contributed by atoms with van der Waals surface area (Å²) in [5.74, 6) is -1.53. The Morgan fingerprint density at radius 2 is 1.75 bits per heavy atom. The standard InChI is InChI=1S/C22H17N3O6S/c1-30-16-8-7-12(11-25-19(27)13-5-3-4-6-14(13)20(25)28)9-15(16)18(26)24-22-23-10-17(32-22)21(29)31-2/h3-10H,11H2,1-2H3,(H,23,24,26). The summed E-state index contributed by atoms with van der Waals surface area (Å²) in [5, 5.41) is 2.83. The fourth-order valence-electron chi connectivity index (χ4n) is 3.29. The summed E-state index contributed by atoms with van der Waals surface area (Å²) < 4.78 is 9.92. The van der Waals surface area contributed by atoms with Crippen molar-refractivity contribution in [1.29, 1.82) is 0 Å². The van der Waals surface area contributed by atoms with Crippen LogP contribution in [0.25, 0.3) is 0 Å². The summed E-state index contributed by atoms with van der Waals surface area (Å²) in [6.45, 7) is 0.000359. The SMILES string of the molecule is COC(=O)c1cnc(NC(=O)c2cc(CN3C(=O)c4ccccc4C3=O)ccc2OC)s1. The normalized spacial score (nSPS) is 12.5. The Hall–Kier alpha value is -4.05. The van der Waals surface area contributed by atoms with Gasteiger partial charge in [0.25, 0.3) is 17.7 Å². The van der Waals surface area contributed by atoms with Gasteiger partial charge in [0.15, 0.2) is 5.13 Å². The summed E-state index contributed by atoms with van der Waals surface area (Å²) in [5.41, 5.74) is 1.47. The zero-order valence-corrected chi connectivity index (χ0v) is 17.9. The number of amides is 3. The Labute approximate surface area is 186 Å². The highest BCUT2D eigenvalue weighted by Crippen LogP contribution is 2.27. The van der Waals surface area contributed by atoms with Crippen molar-refractivity contribution in [3.63, 3.8) is 0 Å². The molecule has 1 aliphatic heterocycles. The zero-order valence-electron chi connectivity index (χ0n) is 17.1. The molecule has 0 saturated heterocycles. The molecule has 9 nitrogen and oxygen atoms in total.